The number of aliphatic carboxylic acids is 1. The molecule has 7 heteroatoms. The summed E-state index contributed by atoms with van der Waals surface area (Å²) in [6.45, 7) is 3.36. The summed E-state index contributed by atoms with van der Waals surface area (Å²) in [6, 6.07) is 19.9. The van der Waals surface area contributed by atoms with Gasteiger partial charge in [-0.15, -0.1) is 0 Å². The van der Waals surface area contributed by atoms with E-state index in [4.69, 9.17) is 21.1 Å². The van der Waals surface area contributed by atoms with Crippen LogP contribution in [0.25, 0.3) is 11.1 Å². The molecule has 32 heavy (non-hydrogen) atoms. The molecule has 6 nitrogen and oxygen atoms in total. The standard InChI is InChI=1S/C25H24ClNO5/c1-25(2,24(29)30)32-20-11-8-18(9-12-20)17-6-4-16(5-7-17)15-27-23(28)21-14-19(26)10-13-22(21)31-3/h4-14H,15H2,1-3H3,(H,27,28)(H,29,30). The third-order valence-corrected chi connectivity index (χ3v) is 5.12. The van der Waals surface area contributed by atoms with Gasteiger partial charge in [0.15, 0.2) is 5.60 Å². The van der Waals surface area contributed by atoms with E-state index < -0.39 is 11.6 Å². The second-order valence-corrected chi connectivity index (χ2v) is 8.10. The van der Waals surface area contributed by atoms with Crippen LogP contribution in [0.5, 0.6) is 11.5 Å². The zero-order valence-electron chi connectivity index (χ0n) is 18.0. The Hall–Kier alpha value is -3.51. The molecule has 2 N–H and O–H groups in total. The molecule has 3 aromatic rings. The summed E-state index contributed by atoms with van der Waals surface area (Å²) in [5.74, 6) is -0.357. The molecule has 3 rings (SSSR count). The van der Waals surface area contributed by atoms with E-state index in [9.17, 15) is 14.7 Å². The lowest BCUT2D eigenvalue weighted by Crippen LogP contribution is -2.37. The Bertz CT molecular complexity index is 1110. The van der Waals surface area contributed by atoms with Crippen LogP contribution in [0.15, 0.2) is 66.7 Å². The number of amides is 1. The average molecular weight is 454 g/mol. The molecule has 0 unspecified atom stereocenters. The average Bonchev–Trinajstić information content (AvgIpc) is 2.78. The molecule has 166 valence electrons. The zero-order valence-corrected chi connectivity index (χ0v) is 18.8. The number of ether oxygens (including phenoxy) is 2. The minimum atomic E-state index is -1.30. The Morgan fingerprint density at radius 3 is 2.12 bits per heavy atom. The minimum Gasteiger partial charge on any atom is -0.496 e. The van der Waals surface area contributed by atoms with Gasteiger partial charge in [-0.2, -0.15) is 0 Å². The van der Waals surface area contributed by atoms with Crippen LogP contribution in [0.3, 0.4) is 0 Å². The fraction of sp³-hybridized carbons (Fsp3) is 0.200. The summed E-state index contributed by atoms with van der Waals surface area (Å²) in [6.07, 6.45) is 0. The van der Waals surface area contributed by atoms with Crippen LogP contribution in [0.2, 0.25) is 5.02 Å². The molecule has 0 atom stereocenters. The maximum atomic E-state index is 12.5. The molecule has 0 fully saturated rings. The number of carboxylic acids is 1. The first-order valence-electron chi connectivity index (χ1n) is 9.93. The van der Waals surface area contributed by atoms with Crippen molar-refractivity contribution in [2.75, 3.05) is 7.11 Å². The fourth-order valence-corrected chi connectivity index (χ4v) is 3.18. The predicted molar refractivity (Wildman–Crippen MR) is 123 cm³/mol. The summed E-state index contributed by atoms with van der Waals surface area (Å²) in [7, 11) is 1.50. The quantitative estimate of drug-likeness (QED) is 0.490. The first-order valence-corrected chi connectivity index (χ1v) is 10.3. The number of halogens is 1. The maximum absolute atomic E-state index is 12.5. The summed E-state index contributed by atoms with van der Waals surface area (Å²) < 4.78 is 10.8. The number of hydrogen-bond donors (Lipinski definition) is 2. The van der Waals surface area contributed by atoms with Gasteiger partial charge in [-0.25, -0.2) is 4.79 Å². The van der Waals surface area contributed by atoms with E-state index in [1.807, 2.05) is 36.4 Å². The summed E-state index contributed by atoms with van der Waals surface area (Å²) in [5, 5.41) is 12.5. The number of rotatable bonds is 8. The van der Waals surface area contributed by atoms with Crippen LogP contribution in [0.1, 0.15) is 29.8 Å². The smallest absolute Gasteiger partial charge is 0.347 e. The summed E-state index contributed by atoms with van der Waals surface area (Å²) in [5.41, 5.74) is 1.96. The molecular formula is C25H24ClNO5. The third kappa shape index (κ3) is 5.59. The highest BCUT2D eigenvalue weighted by molar-refractivity contribution is 6.31. The first kappa shape index (κ1) is 23.2. The normalized spacial score (nSPS) is 11.0. The third-order valence-electron chi connectivity index (χ3n) is 4.89. The minimum absolute atomic E-state index is 0.270. The zero-order chi connectivity index (χ0) is 23.3. The number of carboxylic acid groups (broad SMARTS) is 1. The lowest BCUT2D eigenvalue weighted by Gasteiger charge is -2.21. The molecule has 0 radical (unpaired) electrons. The molecule has 1 amide bonds. The van der Waals surface area contributed by atoms with Gasteiger partial charge in [0.1, 0.15) is 11.5 Å². The number of carbonyl (C=O) groups is 2. The van der Waals surface area contributed by atoms with E-state index in [1.165, 1.54) is 21.0 Å². The van der Waals surface area contributed by atoms with Gasteiger partial charge in [-0.05, 0) is 60.9 Å². The first-order chi connectivity index (χ1) is 15.2. The Labute approximate surface area is 191 Å². The van der Waals surface area contributed by atoms with Crippen molar-refractivity contribution in [1.29, 1.82) is 0 Å². The second-order valence-electron chi connectivity index (χ2n) is 7.67. The highest BCUT2D eigenvalue weighted by Crippen LogP contribution is 2.26. The SMILES string of the molecule is COc1ccc(Cl)cc1C(=O)NCc1ccc(-c2ccc(OC(C)(C)C(=O)O)cc2)cc1. The molecule has 0 spiro atoms. The van der Waals surface area contributed by atoms with Gasteiger partial charge in [-0.1, -0.05) is 48.0 Å². The van der Waals surface area contributed by atoms with Crippen molar-refractivity contribution < 1.29 is 24.2 Å². The van der Waals surface area contributed by atoms with Gasteiger partial charge >= 0.3 is 5.97 Å². The maximum Gasteiger partial charge on any atom is 0.347 e. The van der Waals surface area contributed by atoms with E-state index in [-0.39, 0.29) is 5.91 Å². The van der Waals surface area contributed by atoms with Gasteiger partial charge in [0.05, 0.1) is 12.7 Å². The van der Waals surface area contributed by atoms with E-state index >= 15 is 0 Å². The topological polar surface area (TPSA) is 84.9 Å². The Morgan fingerprint density at radius 1 is 0.969 bits per heavy atom. The Kier molecular flexibility index (Phi) is 7.05. The summed E-state index contributed by atoms with van der Waals surface area (Å²) in [4.78, 5) is 23.7. The Morgan fingerprint density at radius 2 is 1.56 bits per heavy atom. The van der Waals surface area contributed by atoms with Gasteiger partial charge in [0, 0.05) is 11.6 Å². The van der Waals surface area contributed by atoms with E-state index in [1.54, 1.807) is 30.3 Å². The lowest BCUT2D eigenvalue weighted by molar-refractivity contribution is -0.152. The van der Waals surface area contributed by atoms with Crippen LogP contribution in [0.4, 0.5) is 0 Å². The number of methoxy groups -OCH3 is 1. The molecule has 0 heterocycles. The van der Waals surface area contributed by atoms with Crippen molar-refractivity contribution in [3.63, 3.8) is 0 Å². The molecular weight excluding hydrogens is 430 g/mol. The molecule has 0 aliphatic heterocycles. The van der Waals surface area contributed by atoms with Crippen LogP contribution < -0.4 is 14.8 Å². The Balaban J connectivity index is 1.63. The number of nitrogens with one attached hydrogen (secondary N) is 1. The lowest BCUT2D eigenvalue weighted by atomic mass is 10.0. The molecule has 0 aromatic heterocycles. The molecule has 0 saturated carbocycles. The predicted octanol–water partition coefficient (Wildman–Crippen LogP) is 5.19. The number of benzene rings is 3. The second kappa shape index (κ2) is 9.75. The molecule has 0 aliphatic rings. The molecule has 3 aromatic carbocycles. The highest BCUT2D eigenvalue weighted by atomic mass is 35.5. The fourth-order valence-electron chi connectivity index (χ4n) is 3.00. The van der Waals surface area contributed by atoms with Gasteiger partial charge < -0.3 is 19.9 Å². The van der Waals surface area contributed by atoms with Crippen molar-refractivity contribution in [3.8, 4) is 22.6 Å². The molecule has 0 bridgehead atoms. The highest BCUT2D eigenvalue weighted by Gasteiger charge is 2.29. The van der Waals surface area contributed by atoms with Crippen molar-refractivity contribution >= 4 is 23.5 Å². The molecule has 0 aliphatic carbocycles. The largest absolute Gasteiger partial charge is 0.496 e. The number of carbonyl (C=O) groups excluding carboxylic acids is 1. The van der Waals surface area contributed by atoms with Crippen LogP contribution in [-0.4, -0.2) is 29.7 Å². The van der Waals surface area contributed by atoms with Crippen LogP contribution in [0, 0.1) is 0 Å². The van der Waals surface area contributed by atoms with Gasteiger partial charge in [0.25, 0.3) is 5.91 Å². The van der Waals surface area contributed by atoms with Crippen molar-refractivity contribution in [1.82, 2.24) is 5.32 Å². The van der Waals surface area contributed by atoms with Crippen LogP contribution >= 0.6 is 11.6 Å². The molecule has 0 saturated heterocycles. The van der Waals surface area contributed by atoms with E-state index in [0.717, 1.165) is 16.7 Å². The van der Waals surface area contributed by atoms with E-state index in [0.29, 0.717) is 28.6 Å². The van der Waals surface area contributed by atoms with Crippen LogP contribution in [-0.2, 0) is 11.3 Å². The van der Waals surface area contributed by atoms with Gasteiger partial charge in [0.2, 0.25) is 0 Å². The monoisotopic (exact) mass is 453 g/mol. The number of hydrogen-bond acceptors (Lipinski definition) is 4. The van der Waals surface area contributed by atoms with Crippen molar-refractivity contribution in [2.45, 2.75) is 26.0 Å². The van der Waals surface area contributed by atoms with Crippen molar-refractivity contribution in [3.05, 3.63) is 82.9 Å². The summed E-state index contributed by atoms with van der Waals surface area (Å²) >= 11 is 6.00. The van der Waals surface area contributed by atoms with E-state index in [2.05, 4.69) is 5.32 Å². The van der Waals surface area contributed by atoms with Crippen molar-refractivity contribution in [2.24, 2.45) is 0 Å². The van der Waals surface area contributed by atoms with Gasteiger partial charge in [-0.3, -0.25) is 4.79 Å².